The summed E-state index contributed by atoms with van der Waals surface area (Å²) in [4.78, 5) is 0. The maximum Gasteiger partial charge on any atom is 0.133 e. The zero-order valence-corrected chi connectivity index (χ0v) is 9.37. The molecule has 2 aromatic carbocycles. The van der Waals surface area contributed by atoms with Gasteiger partial charge in [-0.05, 0) is 17.0 Å². The van der Waals surface area contributed by atoms with Crippen LogP contribution in [0.2, 0.25) is 0 Å². The zero-order valence-electron chi connectivity index (χ0n) is 8.55. The molecule has 0 radical (unpaired) electrons. The van der Waals surface area contributed by atoms with Gasteiger partial charge >= 0.3 is 0 Å². The number of hydrogen-bond acceptors (Lipinski definition) is 2. The summed E-state index contributed by atoms with van der Waals surface area (Å²) in [6.07, 6.45) is 0. The third-order valence-electron chi connectivity index (χ3n) is 2.66. The van der Waals surface area contributed by atoms with Gasteiger partial charge in [-0.25, -0.2) is 0 Å². The average molecular weight is 226 g/mol. The quantitative estimate of drug-likeness (QED) is 0.656. The van der Waals surface area contributed by atoms with Crippen molar-refractivity contribution in [2.75, 3.05) is 0 Å². The van der Waals surface area contributed by atoms with Crippen LogP contribution in [0.3, 0.4) is 0 Å². The van der Waals surface area contributed by atoms with Crippen LogP contribution < -0.4 is 0 Å². The molecule has 2 heteroatoms. The first-order valence-electron chi connectivity index (χ1n) is 5.11. The minimum absolute atomic E-state index is 0.365. The fourth-order valence-corrected chi connectivity index (χ4v) is 2.88. The Morgan fingerprint density at radius 1 is 0.875 bits per heavy atom. The molecule has 0 saturated heterocycles. The van der Waals surface area contributed by atoms with E-state index in [0.717, 1.165) is 10.1 Å². The van der Waals surface area contributed by atoms with Crippen molar-refractivity contribution in [1.29, 1.82) is 0 Å². The summed E-state index contributed by atoms with van der Waals surface area (Å²) in [5.74, 6) is 0.365. The summed E-state index contributed by atoms with van der Waals surface area (Å²) in [5, 5.41) is 13.0. The molecule has 0 aliphatic carbocycles. The molecule has 1 nitrogen and oxygen atoms in total. The Labute approximate surface area is 97.6 Å². The number of thiophene rings is 1. The van der Waals surface area contributed by atoms with E-state index in [1.54, 1.807) is 17.4 Å². The van der Waals surface area contributed by atoms with Gasteiger partial charge in [-0.1, -0.05) is 42.5 Å². The van der Waals surface area contributed by atoms with Crippen molar-refractivity contribution in [3.05, 3.63) is 53.9 Å². The number of aromatic hydroxyl groups is 1. The highest BCUT2D eigenvalue weighted by molar-refractivity contribution is 7.18. The Kier molecular flexibility index (Phi) is 2.15. The largest absolute Gasteiger partial charge is 0.506 e. The Bertz CT molecular complexity index is 626. The number of fused-ring (bicyclic) bond motifs is 1. The normalized spacial score (nSPS) is 10.8. The Morgan fingerprint density at radius 3 is 2.50 bits per heavy atom. The van der Waals surface area contributed by atoms with Crippen LogP contribution in [0, 0.1) is 0 Å². The number of rotatable bonds is 1. The van der Waals surface area contributed by atoms with Crippen LogP contribution in [-0.2, 0) is 0 Å². The standard InChI is InChI=1S/C14H10OS/c15-13-8-4-7-11-12(9-16-14(11)13)10-5-2-1-3-6-10/h1-9,15H. The fraction of sp³-hybridized carbons (Fsp3) is 0. The van der Waals surface area contributed by atoms with Crippen molar-refractivity contribution < 1.29 is 5.11 Å². The zero-order chi connectivity index (χ0) is 11.0. The predicted molar refractivity (Wildman–Crippen MR) is 68.9 cm³/mol. The van der Waals surface area contributed by atoms with Crippen LogP contribution in [0.4, 0.5) is 0 Å². The second kappa shape index (κ2) is 3.65. The van der Waals surface area contributed by atoms with Gasteiger partial charge in [0, 0.05) is 10.9 Å². The van der Waals surface area contributed by atoms with Gasteiger partial charge in [0.25, 0.3) is 0 Å². The highest BCUT2D eigenvalue weighted by Crippen LogP contribution is 2.38. The first-order valence-corrected chi connectivity index (χ1v) is 5.99. The van der Waals surface area contributed by atoms with Crippen LogP contribution in [0.5, 0.6) is 5.75 Å². The van der Waals surface area contributed by atoms with Crippen LogP contribution in [0.15, 0.2) is 53.9 Å². The molecule has 0 spiro atoms. The van der Waals surface area contributed by atoms with E-state index in [9.17, 15) is 5.11 Å². The van der Waals surface area contributed by atoms with Crippen LogP contribution >= 0.6 is 11.3 Å². The fourth-order valence-electron chi connectivity index (χ4n) is 1.88. The van der Waals surface area contributed by atoms with E-state index in [2.05, 4.69) is 17.5 Å². The highest BCUT2D eigenvalue weighted by atomic mass is 32.1. The summed E-state index contributed by atoms with van der Waals surface area (Å²) in [5.41, 5.74) is 2.39. The molecule has 0 fully saturated rings. The van der Waals surface area contributed by atoms with E-state index in [4.69, 9.17) is 0 Å². The van der Waals surface area contributed by atoms with Gasteiger partial charge in [-0.15, -0.1) is 11.3 Å². The molecule has 3 aromatic rings. The number of phenols is 1. The third-order valence-corrected chi connectivity index (χ3v) is 3.68. The lowest BCUT2D eigenvalue weighted by atomic mass is 10.1. The van der Waals surface area contributed by atoms with Gasteiger partial charge < -0.3 is 5.11 Å². The van der Waals surface area contributed by atoms with Crippen molar-refractivity contribution in [1.82, 2.24) is 0 Å². The minimum atomic E-state index is 0.365. The van der Waals surface area contributed by atoms with Crippen molar-refractivity contribution >= 4 is 21.4 Å². The van der Waals surface area contributed by atoms with Crippen molar-refractivity contribution in [3.63, 3.8) is 0 Å². The summed E-state index contributed by atoms with van der Waals surface area (Å²) >= 11 is 1.59. The van der Waals surface area contributed by atoms with Crippen LogP contribution in [0.1, 0.15) is 0 Å². The van der Waals surface area contributed by atoms with Gasteiger partial charge in [0.05, 0.1) is 4.70 Å². The Balaban J connectivity index is 2.30. The Hall–Kier alpha value is -1.80. The molecular weight excluding hydrogens is 216 g/mol. The van der Waals surface area contributed by atoms with Gasteiger partial charge in [0.2, 0.25) is 0 Å². The van der Waals surface area contributed by atoms with E-state index >= 15 is 0 Å². The van der Waals surface area contributed by atoms with E-state index in [1.807, 2.05) is 30.3 Å². The lowest BCUT2D eigenvalue weighted by Gasteiger charge is -1.99. The van der Waals surface area contributed by atoms with Gasteiger partial charge in [-0.3, -0.25) is 0 Å². The molecule has 78 valence electrons. The van der Waals surface area contributed by atoms with E-state index in [-0.39, 0.29) is 0 Å². The second-order valence-electron chi connectivity index (χ2n) is 3.67. The third kappa shape index (κ3) is 1.39. The molecule has 1 heterocycles. The maximum atomic E-state index is 9.74. The lowest BCUT2D eigenvalue weighted by Crippen LogP contribution is -1.73. The molecule has 3 rings (SSSR count). The summed E-state index contributed by atoms with van der Waals surface area (Å²) in [7, 11) is 0. The second-order valence-corrected chi connectivity index (χ2v) is 4.55. The molecule has 0 amide bonds. The van der Waals surface area contributed by atoms with Crippen molar-refractivity contribution in [2.24, 2.45) is 0 Å². The monoisotopic (exact) mass is 226 g/mol. The summed E-state index contributed by atoms with van der Waals surface area (Å²) < 4.78 is 0.960. The topological polar surface area (TPSA) is 20.2 Å². The molecule has 0 aliphatic heterocycles. The van der Waals surface area contributed by atoms with Crippen molar-refractivity contribution in [3.8, 4) is 16.9 Å². The van der Waals surface area contributed by atoms with E-state index in [0.29, 0.717) is 5.75 Å². The average Bonchev–Trinajstić information content (AvgIpc) is 2.75. The molecule has 1 aromatic heterocycles. The Morgan fingerprint density at radius 2 is 1.69 bits per heavy atom. The van der Waals surface area contributed by atoms with Crippen LogP contribution in [-0.4, -0.2) is 5.11 Å². The molecule has 1 N–H and O–H groups in total. The molecule has 0 unspecified atom stereocenters. The first-order chi connectivity index (χ1) is 7.86. The molecule has 16 heavy (non-hydrogen) atoms. The first kappa shape index (κ1) is 9.43. The van der Waals surface area contributed by atoms with Gasteiger partial charge in [-0.2, -0.15) is 0 Å². The number of benzene rings is 2. The highest BCUT2D eigenvalue weighted by Gasteiger charge is 2.08. The predicted octanol–water partition coefficient (Wildman–Crippen LogP) is 4.27. The lowest BCUT2D eigenvalue weighted by molar-refractivity contribution is 0.482. The summed E-state index contributed by atoms with van der Waals surface area (Å²) in [6, 6.07) is 15.9. The number of hydrogen-bond donors (Lipinski definition) is 1. The van der Waals surface area contributed by atoms with Gasteiger partial charge in [0.15, 0.2) is 0 Å². The molecule has 0 atom stereocenters. The summed E-state index contributed by atoms with van der Waals surface area (Å²) in [6.45, 7) is 0. The molecule has 0 saturated carbocycles. The van der Waals surface area contributed by atoms with E-state index < -0.39 is 0 Å². The SMILES string of the molecule is Oc1cccc2c(-c3ccccc3)csc12. The number of phenolic OH excluding ortho intramolecular Hbond substituents is 1. The molecular formula is C14H10OS. The molecule has 0 bridgehead atoms. The smallest absolute Gasteiger partial charge is 0.133 e. The van der Waals surface area contributed by atoms with Gasteiger partial charge in [0.1, 0.15) is 5.75 Å². The molecule has 0 aliphatic rings. The van der Waals surface area contributed by atoms with Crippen LogP contribution in [0.25, 0.3) is 21.2 Å². The minimum Gasteiger partial charge on any atom is -0.506 e. The van der Waals surface area contributed by atoms with Crippen molar-refractivity contribution in [2.45, 2.75) is 0 Å². The maximum absolute atomic E-state index is 9.74. The van der Waals surface area contributed by atoms with E-state index in [1.165, 1.54) is 11.1 Å².